The zero-order valence-electron chi connectivity index (χ0n) is 9.66. The predicted molar refractivity (Wildman–Crippen MR) is 68.7 cm³/mol. The maximum atomic E-state index is 5.14. The molecule has 84 valence electrons. The van der Waals surface area contributed by atoms with Crippen molar-refractivity contribution in [3.63, 3.8) is 0 Å². The van der Waals surface area contributed by atoms with Crippen molar-refractivity contribution in [3.05, 3.63) is 29.8 Å². The molecule has 2 heteroatoms. The van der Waals surface area contributed by atoms with Crippen LogP contribution in [-0.2, 0) is 0 Å². The van der Waals surface area contributed by atoms with Crippen molar-refractivity contribution in [3.8, 4) is 5.75 Å². The van der Waals surface area contributed by atoms with Crippen molar-refractivity contribution in [2.45, 2.75) is 31.5 Å². The third kappa shape index (κ3) is 3.53. The second kappa shape index (κ2) is 6.16. The van der Waals surface area contributed by atoms with Crippen molar-refractivity contribution in [1.82, 2.24) is 0 Å². The molecule has 0 bridgehead atoms. The van der Waals surface area contributed by atoms with Gasteiger partial charge in [-0.2, -0.15) is 0 Å². The topological polar surface area (TPSA) is 9.23 Å². The smallest absolute Gasteiger partial charge is 0.118 e. The molecular weight excluding hydrogens is 252 g/mol. The highest BCUT2D eigenvalue weighted by atomic mass is 79.9. The summed E-state index contributed by atoms with van der Waals surface area (Å²) >= 11 is 3.76. The molecule has 0 fully saturated rings. The second-order valence-electron chi connectivity index (χ2n) is 3.94. The molecule has 1 rings (SSSR count). The van der Waals surface area contributed by atoms with Crippen LogP contribution >= 0.6 is 15.9 Å². The lowest BCUT2D eigenvalue weighted by Gasteiger charge is -2.18. The van der Waals surface area contributed by atoms with Gasteiger partial charge in [-0.3, -0.25) is 0 Å². The number of halogens is 1. The third-order valence-electron chi connectivity index (χ3n) is 2.68. The standard InChI is InChI=1S/C13H19BrO/c1-4-5-10(2)13(14)11-6-8-12(15-3)9-7-11/h6-10,13H,4-5H2,1-3H3. The van der Waals surface area contributed by atoms with Crippen molar-refractivity contribution >= 4 is 15.9 Å². The Morgan fingerprint density at radius 3 is 2.33 bits per heavy atom. The number of alkyl halides is 1. The van der Waals surface area contributed by atoms with E-state index in [0.29, 0.717) is 10.7 Å². The molecule has 0 saturated heterocycles. The van der Waals surface area contributed by atoms with Crippen LogP contribution in [0.25, 0.3) is 0 Å². The fourth-order valence-corrected chi connectivity index (χ4v) is 2.29. The van der Waals surface area contributed by atoms with Gasteiger partial charge in [0.2, 0.25) is 0 Å². The van der Waals surface area contributed by atoms with Crippen molar-refractivity contribution in [2.24, 2.45) is 5.92 Å². The Balaban J connectivity index is 2.69. The van der Waals surface area contributed by atoms with Gasteiger partial charge in [0.25, 0.3) is 0 Å². The van der Waals surface area contributed by atoms with E-state index in [-0.39, 0.29) is 0 Å². The quantitative estimate of drug-likeness (QED) is 0.713. The van der Waals surface area contributed by atoms with Gasteiger partial charge in [0, 0.05) is 4.83 Å². The average molecular weight is 271 g/mol. The molecule has 0 amide bonds. The second-order valence-corrected chi connectivity index (χ2v) is 4.93. The zero-order chi connectivity index (χ0) is 11.3. The molecule has 0 spiro atoms. The van der Waals surface area contributed by atoms with Gasteiger partial charge in [-0.1, -0.05) is 48.3 Å². The van der Waals surface area contributed by atoms with Gasteiger partial charge >= 0.3 is 0 Å². The summed E-state index contributed by atoms with van der Waals surface area (Å²) in [6, 6.07) is 8.29. The zero-order valence-corrected chi connectivity index (χ0v) is 11.3. The minimum Gasteiger partial charge on any atom is -0.497 e. The van der Waals surface area contributed by atoms with Crippen LogP contribution in [0.4, 0.5) is 0 Å². The van der Waals surface area contributed by atoms with E-state index in [1.165, 1.54) is 18.4 Å². The molecular formula is C13H19BrO. The summed E-state index contributed by atoms with van der Waals surface area (Å²) in [6.45, 7) is 4.51. The predicted octanol–water partition coefficient (Wildman–Crippen LogP) is 4.57. The summed E-state index contributed by atoms with van der Waals surface area (Å²) in [5.74, 6) is 1.59. The van der Waals surface area contributed by atoms with Gasteiger partial charge in [-0.15, -0.1) is 0 Å². The van der Waals surface area contributed by atoms with Crippen LogP contribution in [0, 0.1) is 5.92 Å². The number of ether oxygens (including phenoxy) is 1. The van der Waals surface area contributed by atoms with E-state index >= 15 is 0 Å². The number of benzene rings is 1. The molecule has 0 aliphatic heterocycles. The van der Waals surface area contributed by atoms with Gasteiger partial charge in [-0.05, 0) is 30.0 Å². The molecule has 0 aromatic heterocycles. The minimum absolute atomic E-state index is 0.448. The van der Waals surface area contributed by atoms with E-state index < -0.39 is 0 Å². The molecule has 0 radical (unpaired) electrons. The first-order valence-corrected chi connectivity index (χ1v) is 6.38. The first-order valence-electron chi connectivity index (χ1n) is 5.47. The highest BCUT2D eigenvalue weighted by Gasteiger charge is 2.14. The van der Waals surface area contributed by atoms with Crippen LogP contribution in [0.15, 0.2) is 24.3 Å². The lowest BCUT2D eigenvalue weighted by molar-refractivity contribution is 0.414. The number of methoxy groups -OCH3 is 1. The molecule has 2 unspecified atom stereocenters. The Labute approximate surface area is 101 Å². The molecule has 0 saturated carbocycles. The molecule has 1 nitrogen and oxygen atoms in total. The summed E-state index contributed by atoms with van der Waals surface area (Å²) in [4.78, 5) is 0.448. The summed E-state index contributed by atoms with van der Waals surface area (Å²) < 4.78 is 5.14. The van der Waals surface area contributed by atoms with E-state index in [0.717, 1.165) is 5.75 Å². The molecule has 0 heterocycles. The van der Waals surface area contributed by atoms with Crippen LogP contribution in [0.3, 0.4) is 0 Å². The largest absolute Gasteiger partial charge is 0.497 e. The summed E-state index contributed by atoms with van der Waals surface area (Å²) in [5.41, 5.74) is 1.33. The van der Waals surface area contributed by atoms with E-state index in [1.807, 2.05) is 12.1 Å². The minimum atomic E-state index is 0.448. The lowest BCUT2D eigenvalue weighted by atomic mass is 9.97. The van der Waals surface area contributed by atoms with Gasteiger partial charge in [0.05, 0.1) is 7.11 Å². The number of rotatable bonds is 5. The van der Waals surface area contributed by atoms with Gasteiger partial charge in [-0.25, -0.2) is 0 Å². The Hall–Kier alpha value is -0.500. The Morgan fingerprint density at radius 2 is 1.87 bits per heavy atom. The van der Waals surface area contributed by atoms with E-state index in [9.17, 15) is 0 Å². The Bertz CT molecular complexity index is 281. The van der Waals surface area contributed by atoms with Gasteiger partial charge < -0.3 is 4.74 Å². The molecule has 2 atom stereocenters. The van der Waals surface area contributed by atoms with Crippen LogP contribution in [0.5, 0.6) is 5.75 Å². The SMILES string of the molecule is CCCC(C)C(Br)c1ccc(OC)cc1. The van der Waals surface area contributed by atoms with Crippen LogP contribution in [0.1, 0.15) is 37.1 Å². The Morgan fingerprint density at radius 1 is 1.27 bits per heavy atom. The van der Waals surface area contributed by atoms with Crippen LogP contribution < -0.4 is 4.74 Å². The maximum absolute atomic E-state index is 5.14. The highest BCUT2D eigenvalue weighted by Crippen LogP contribution is 2.34. The van der Waals surface area contributed by atoms with Crippen LogP contribution in [0.2, 0.25) is 0 Å². The van der Waals surface area contributed by atoms with Crippen LogP contribution in [-0.4, -0.2) is 7.11 Å². The molecule has 0 aliphatic carbocycles. The summed E-state index contributed by atoms with van der Waals surface area (Å²) in [5, 5.41) is 0. The van der Waals surface area contributed by atoms with E-state index in [2.05, 4.69) is 41.9 Å². The molecule has 15 heavy (non-hydrogen) atoms. The molecule has 1 aromatic carbocycles. The summed E-state index contributed by atoms with van der Waals surface area (Å²) in [6.07, 6.45) is 2.49. The van der Waals surface area contributed by atoms with Gasteiger partial charge in [0.1, 0.15) is 5.75 Å². The summed E-state index contributed by atoms with van der Waals surface area (Å²) in [7, 11) is 1.69. The maximum Gasteiger partial charge on any atom is 0.118 e. The molecule has 1 aromatic rings. The number of hydrogen-bond donors (Lipinski definition) is 0. The average Bonchev–Trinajstić information content (AvgIpc) is 2.28. The van der Waals surface area contributed by atoms with Crippen molar-refractivity contribution in [1.29, 1.82) is 0 Å². The third-order valence-corrected chi connectivity index (χ3v) is 4.11. The lowest BCUT2D eigenvalue weighted by Crippen LogP contribution is -2.02. The fraction of sp³-hybridized carbons (Fsp3) is 0.538. The monoisotopic (exact) mass is 270 g/mol. The number of hydrogen-bond acceptors (Lipinski definition) is 1. The Kier molecular flexibility index (Phi) is 5.16. The van der Waals surface area contributed by atoms with E-state index in [4.69, 9.17) is 4.74 Å². The van der Waals surface area contributed by atoms with Gasteiger partial charge in [0.15, 0.2) is 0 Å². The highest BCUT2D eigenvalue weighted by molar-refractivity contribution is 9.09. The van der Waals surface area contributed by atoms with Crippen molar-refractivity contribution < 1.29 is 4.74 Å². The first-order chi connectivity index (χ1) is 7.19. The van der Waals surface area contributed by atoms with E-state index in [1.54, 1.807) is 7.11 Å². The normalized spacial score (nSPS) is 14.7. The molecule has 0 aliphatic rings. The molecule has 0 N–H and O–H groups in total. The fourth-order valence-electron chi connectivity index (χ4n) is 1.72. The van der Waals surface area contributed by atoms with Crippen molar-refractivity contribution in [2.75, 3.05) is 7.11 Å². The first kappa shape index (κ1) is 12.6.